The minimum absolute atomic E-state index is 0.0789. The van der Waals surface area contributed by atoms with E-state index < -0.39 is 0 Å². The Bertz CT molecular complexity index is 1010. The summed E-state index contributed by atoms with van der Waals surface area (Å²) >= 11 is 6.12. The number of hydrogen-bond acceptors (Lipinski definition) is 4. The molecule has 2 aromatic rings. The first-order valence-electron chi connectivity index (χ1n) is 12.0. The fourth-order valence-electron chi connectivity index (χ4n) is 4.77. The van der Waals surface area contributed by atoms with Crippen LogP contribution in [0.2, 0.25) is 5.02 Å². The number of likely N-dealkylation sites (tertiary alicyclic amines) is 1. The monoisotopic (exact) mass is 484 g/mol. The summed E-state index contributed by atoms with van der Waals surface area (Å²) in [4.78, 5) is 30.6. The Morgan fingerprint density at radius 3 is 2.29 bits per heavy atom. The number of amides is 2. The van der Waals surface area contributed by atoms with Crippen LogP contribution in [0.5, 0.6) is 11.5 Å². The third-order valence-corrected chi connectivity index (χ3v) is 7.35. The number of halogens is 1. The van der Waals surface area contributed by atoms with Crippen LogP contribution in [0, 0.1) is 11.8 Å². The van der Waals surface area contributed by atoms with Crippen LogP contribution in [-0.2, 0) is 11.3 Å². The van der Waals surface area contributed by atoms with Gasteiger partial charge in [-0.05, 0) is 74.4 Å². The van der Waals surface area contributed by atoms with Gasteiger partial charge in [0, 0.05) is 36.6 Å². The van der Waals surface area contributed by atoms with Gasteiger partial charge in [-0.3, -0.25) is 9.59 Å². The third kappa shape index (κ3) is 5.49. The van der Waals surface area contributed by atoms with Crippen LogP contribution in [-0.4, -0.2) is 55.0 Å². The summed E-state index contributed by atoms with van der Waals surface area (Å²) in [7, 11) is 3.20. The molecule has 0 N–H and O–H groups in total. The van der Waals surface area contributed by atoms with E-state index in [0.29, 0.717) is 54.7 Å². The lowest BCUT2D eigenvalue weighted by Gasteiger charge is -2.37. The molecule has 1 saturated heterocycles. The standard InChI is InChI=1S/C27H33ClN2O4/c1-18(20-6-7-20)30(17-19-4-9-23(33-2)10-5-19)26(31)21-12-14-29(15-13-21)27(32)24-16-22(28)8-11-25(24)34-3/h4-5,8-11,16,18,20-21H,6-7,12-15,17H2,1-3H3. The van der Waals surface area contributed by atoms with E-state index in [-0.39, 0.29) is 23.8 Å². The third-order valence-electron chi connectivity index (χ3n) is 7.11. The molecule has 1 saturated carbocycles. The zero-order valence-electron chi connectivity index (χ0n) is 20.1. The van der Waals surface area contributed by atoms with Crippen molar-refractivity contribution in [2.75, 3.05) is 27.3 Å². The number of ether oxygens (including phenoxy) is 2. The molecule has 34 heavy (non-hydrogen) atoms. The molecule has 1 aliphatic carbocycles. The number of hydrogen-bond donors (Lipinski definition) is 0. The van der Waals surface area contributed by atoms with Gasteiger partial charge in [-0.25, -0.2) is 0 Å². The molecule has 1 aliphatic heterocycles. The number of methoxy groups -OCH3 is 2. The quantitative estimate of drug-likeness (QED) is 0.527. The van der Waals surface area contributed by atoms with Crippen LogP contribution in [0.3, 0.4) is 0 Å². The molecule has 2 amide bonds. The first-order valence-corrected chi connectivity index (χ1v) is 12.3. The van der Waals surface area contributed by atoms with E-state index in [1.54, 1.807) is 37.3 Å². The maximum atomic E-state index is 13.7. The average molecular weight is 485 g/mol. The molecule has 2 aromatic carbocycles. The van der Waals surface area contributed by atoms with Crippen molar-refractivity contribution in [3.63, 3.8) is 0 Å². The predicted molar refractivity (Wildman–Crippen MR) is 132 cm³/mol. The van der Waals surface area contributed by atoms with Crippen molar-refractivity contribution < 1.29 is 19.1 Å². The lowest BCUT2D eigenvalue weighted by molar-refractivity contribution is -0.140. The maximum absolute atomic E-state index is 13.7. The van der Waals surface area contributed by atoms with Crippen LogP contribution in [0.25, 0.3) is 0 Å². The van der Waals surface area contributed by atoms with E-state index in [0.717, 1.165) is 11.3 Å². The second kappa shape index (κ2) is 10.7. The van der Waals surface area contributed by atoms with Crippen molar-refractivity contribution >= 4 is 23.4 Å². The van der Waals surface area contributed by atoms with E-state index in [2.05, 4.69) is 11.8 Å². The zero-order valence-corrected chi connectivity index (χ0v) is 20.9. The molecule has 0 bridgehead atoms. The fourth-order valence-corrected chi connectivity index (χ4v) is 4.94. The summed E-state index contributed by atoms with van der Waals surface area (Å²) in [5.74, 6) is 1.92. The summed E-state index contributed by atoms with van der Waals surface area (Å²) in [6.45, 7) is 3.85. The van der Waals surface area contributed by atoms with Gasteiger partial charge >= 0.3 is 0 Å². The predicted octanol–water partition coefficient (Wildman–Crippen LogP) is 5.04. The topological polar surface area (TPSA) is 59.1 Å². The van der Waals surface area contributed by atoms with Gasteiger partial charge in [0.05, 0.1) is 19.8 Å². The van der Waals surface area contributed by atoms with Gasteiger partial charge < -0.3 is 19.3 Å². The Hall–Kier alpha value is -2.73. The molecule has 2 fully saturated rings. The average Bonchev–Trinajstić information content (AvgIpc) is 3.72. The first kappa shape index (κ1) is 24.4. The van der Waals surface area contributed by atoms with E-state index in [9.17, 15) is 9.59 Å². The summed E-state index contributed by atoms with van der Waals surface area (Å²) in [6, 6.07) is 13.2. The molecule has 0 radical (unpaired) electrons. The molecule has 6 nitrogen and oxygen atoms in total. The molecule has 182 valence electrons. The fraction of sp³-hybridized carbons (Fsp3) is 0.481. The van der Waals surface area contributed by atoms with Crippen LogP contribution < -0.4 is 9.47 Å². The van der Waals surface area contributed by atoms with Gasteiger partial charge in [0.1, 0.15) is 11.5 Å². The highest BCUT2D eigenvalue weighted by Gasteiger charge is 2.38. The highest BCUT2D eigenvalue weighted by molar-refractivity contribution is 6.31. The molecule has 7 heteroatoms. The maximum Gasteiger partial charge on any atom is 0.257 e. The second-order valence-electron chi connectivity index (χ2n) is 9.30. The molecule has 1 atom stereocenters. The molecule has 1 heterocycles. The van der Waals surface area contributed by atoms with Crippen molar-refractivity contribution in [3.8, 4) is 11.5 Å². The SMILES string of the molecule is COc1ccc(CN(C(=O)C2CCN(C(=O)c3cc(Cl)ccc3OC)CC2)C(C)C2CC2)cc1. The summed E-state index contributed by atoms with van der Waals surface area (Å²) in [5.41, 5.74) is 1.56. The lowest BCUT2D eigenvalue weighted by Crippen LogP contribution is -2.47. The van der Waals surface area contributed by atoms with Gasteiger partial charge in [0.25, 0.3) is 5.91 Å². The zero-order chi connectivity index (χ0) is 24.2. The number of benzene rings is 2. The van der Waals surface area contributed by atoms with Crippen molar-refractivity contribution in [1.82, 2.24) is 9.80 Å². The minimum atomic E-state index is -0.105. The number of nitrogens with zero attached hydrogens (tertiary/aromatic N) is 2. The Kier molecular flexibility index (Phi) is 7.67. The lowest BCUT2D eigenvalue weighted by atomic mass is 9.93. The van der Waals surface area contributed by atoms with E-state index in [1.165, 1.54) is 12.8 Å². The number of rotatable bonds is 8. The molecule has 1 unspecified atom stereocenters. The van der Waals surface area contributed by atoms with Crippen LogP contribution >= 0.6 is 11.6 Å². The molecule has 2 aliphatic rings. The molecule has 0 aromatic heterocycles. The van der Waals surface area contributed by atoms with Gasteiger partial charge in [-0.1, -0.05) is 23.7 Å². The van der Waals surface area contributed by atoms with Crippen LogP contribution in [0.1, 0.15) is 48.5 Å². The molecule has 4 rings (SSSR count). The van der Waals surface area contributed by atoms with Crippen molar-refractivity contribution in [2.45, 2.75) is 45.2 Å². The molecular weight excluding hydrogens is 452 g/mol. The van der Waals surface area contributed by atoms with Crippen LogP contribution in [0.15, 0.2) is 42.5 Å². The van der Waals surface area contributed by atoms with Crippen molar-refractivity contribution in [1.29, 1.82) is 0 Å². The van der Waals surface area contributed by atoms with Crippen molar-refractivity contribution in [3.05, 3.63) is 58.6 Å². The number of carbonyl (C=O) groups is 2. The Labute approximate surface area is 206 Å². The normalized spacial score (nSPS) is 17.2. The highest BCUT2D eigenvalue weighted by atomic mass is 35.5. The number of carbonyl (C=O) groups excluding carboxylic acids is 2. The van der Waals surface area contributed by atoms with Gasteiger partial charge in [0.15, 0.2) is 0 Å². The van der Waals surface area contributed by atoms with Gasteiger partial charge in [-0.15, -0.1) is 0 Å². The number of piperidine rings is 1. The molecule has 0 spiro atoms. The summed E-state index contributed by atoms with van der Waals surface area (Å²) in [5, 5.41) is 0.498. The van der Waals surface area contributed by atoms with E-state index >= 15 is 0 Å². The smallest absolute Gasteiger partial charge is 0.257 e. The summed E-state index contributed by atoms with van der Waals surface area (Å²) in [6.07, 6.45) is 3.68. The Morgan fingerprint density at radius 1 is 1.03 bits per heavy atom. The van der Waals surface area contributed by atoms with Gasteiger partial charge in [0.2, 0.25) is 5.91 Å². The first-order chi connectivity index (χ1) is 16.4. The minimum Gasteiger partial charge on any atom is -0.497 e. The second-order valence-corrected chi connectivity index (χ2v) is 9.74. The summed E-state index contributed by atoms with van der Waals surface area (Å²) < 4.78 is 10.6. The van der Waals surface area contributed by atoms with E-state index in [1.807, 2.05) is 24.3 Å². The molecular formula is C27H33ClN2O4. The Morgan fingerprint density at radius 2 is 1.71 bits per heavy atom. The largest absolute Gasteiger partial charge is 0.497 e. The Balaban J connectivity index is 1.42. The van der Waals surface area contributed by atoms with Crippen molar-refractivity contribution in [2.24, 2.45) is 11.8 Å². The highest BCUT2D eigenvalue weighted by Crippen LogP contribution is 2.37. The van der Waals surface area contributed by atoms with Gasteiger partial charge in [-0.2, -0.15) is 0 Å². The van der Waals surface area contributed by atoms with Crippen LogP contribution in [0.4, 0.5) is 0 Å². The van der Waals surface area contributed by atoms with E-state index in [4.69, 9.17) is 21.1 Å².